The zero-order valence-corrected chi connectivity index (χ0v) is 11.2. The molecule has 0 radical (unpaired) electrons. The van der Waals surface area contributed by atoms with Crippen LogP contribution in [-0.2, 0) is 0 Å². The molecule has 0 aromatic heterocycles. The maximum absolute atomic E-state index is 14.0. The first-order valence-corrected chi connectivity index (χ1v) is 7.01. The van der Waals surface area contributed by atoms with Crippen LogP contribution in [0, 0.1) is 11.6 Å². The molecule has 2 aromatic rings. The van der Waals surface area contributed by atoms with E-state index in [4.69, 9.17) is 0 Å². The average molecular weight is 273 g/mol. The van der Waals surface area contributed by atoms with Crippen molar-refractivity contribution in [3.8, 4) is 11.1 Å². The lowest BCUT2D eigenvalue weighted by atomic mass is 9.88. The molecule has 20 heavy (non-hydrogen) atoms. The van der Waals surface area contributed by atoms with Gasteiger partial charge < -0.3 is 5.32 Å². The number of piperidine rings is 1. The minimum absolute atomic E-state index is 0.334. The normalized spacial score (nSPS) is 16.3. The SMILES string of the molecule is Fc1ccccc1-c1cc(C2CCNCC2)ccc1F. The first kappa shape index (κ1) is 13.3. The van der Waals surface area contributed by atoms with Gasteiger partial charge in [-0.15, -0.1) is 0 Å². The Kier molecular flexibility index (Phi) is 3.79. The lowest BCUT2D eigenvalue weighted by molar-refractivity contribution is 0.460. The molecule has 1 saturated heterocycles. The number of hydrogen-bond acceptors (Lipinski definition) is 1. The highest BCUT2D eigenvalue weighted by Crippen LogP contribution is 2.31. The Morgan fingerprint density at radius 1 is 0.850 bits per heavy atom. The van der Waals surface area contributed by atoms with Crippen LogP contribution in [0.1, 0.15) is 24.3 Å². The van der Waals surface area contributed by atoms with Crippen LogP contribution in [0.25, 0.3) is 11.1 Å². The summed E-state index contributed by atoms with van der Waals surface area (Å²) in [6.07, 6.45) is 2.09. The van der Waals surface area contributed by atoms with Crippen molar-refractivity contribution in [2.24, 2.45) is 0 Å². The second kappa shape index (κ2) is 5.71. The molecule has 1 fully saturated rings. The smallest absolute Gasteiger partial charge is 0.131 e. The van der Waals surface area contributed by atoms with Crippen LogP contribution < -0.4 is 5.32 Å². The summed E-state index contributed by atoms with van der Waals surface area (Å²) in [5, 5.41) is 3.32. The van der Waals surface area contributed by atoms with Crippen LogP contribution in [-0.4, -0.2) is 13.1 Å². The predicted octanol–water partition coefficient (Wildman–Crippen LogP) is 4.10. The van der Waals surface area contributed by atoms with Crippen molar-refractivity contribution in [2.45, 2.75) is 18.8 Å². The Balaban J connectivity index is 2.00. The summed E-state index contributed by atoms with van der Waals surface area (Å²) in [4.78, 5) is 0. The minimum atomic E-state index is -0.381. The van der Waals surface area contributed by atoms with Crippen LogP contribution in [0.4, 0.5) is 8.78 Å². The van der Waals surface area contributed by atoms with E-state index in [1.807, 2.05) is 12.1 Å². The summed E-state index contributed by atoms with van der Waals surface area (Å²) in [5.41, 5.74) is 1.80. The fourth-order valence-electron chi connectivity index (χ4n) is 2.84. The van der Waals surface area contributed by atoms with E-state index in [0.717, 1.165) is 31.5 Å². The molecule has 3 rings (SSSR count). The lowest BCUT2D eigenvalue weighted by Gasteiger charge is -2.23. The van der Waals surface area contributed by atoms with Crippen LogP contribution in [0.5, 0.6) is 0 Å². The van der Waals surface area contributed by atoms with Gasteiger partial charge in [0.1, 0.15) is 11.6 Å². The van der Waals surface area contributed by atoms with Gasteiger partial charge in [-0.2, -0.15) is 0 Å². The van der Waals surface area contributed by atoms with Crippen molar-refractivity contribution in [1.29, 1.82) is 0 Å². The van der Waals surface area contributed by atoms with E-state index in [1.165, 1.54) is 12.1 Å². The monoisotopic (exact) mass is 273 g/mol. The average Bonchev–Trinajstić information content (AvgIpc) is 2.49. The highest BCUT2D eigenvalue weighted by molar-refractivity contribution is 5.65. The van der Waals surface area contributed by atoms with E-state index in [9.17, 15) is 8.78 Å². The van der Waals surface area contributed by atoms with E-state index in [0.29, 0.717) is 17.0 Å². The molecule has 0 bridgehead atoms. The van der Waals surface area contributed by atoms with Crippen LogP contribution in [0.2, 0.25) is 0 Å². The zero-order chi connectivity index (χ0) is 13.9. The van der Waals surface area contributed by atoms with E-state index in [-0.39, 0.29) is 11.6 Å². The van der Waals surface area contributed by atoms with Gasteiger partial charge in [0.25, 0.3) is 0 Å². The van der Waals surface area contributed by atoms with E-state index < -0.39 is 0 Å². The third-order valence-electron chi connectivity index (χ3n) is 3.97. The Labute approximate surface area is 117 Å². The van der Waals surface area contributed by atoms with Crippen molar-refractivity contribution in [1.82, 2.24) is 5.32 Å². The first-order valence-electron chi connectivity index (χ1n) is 7.01. The van der Waals surface area contributed by atoms with Gasteiger partial charge in [-0.25, -0.2) is 8.78 Å². The van der Waals surface area contributed by atoms with Crippen molar-refractivity contribution in [3.63, 3.8) is 0 Å². The first-order chi connectivity index (χ1) is 9.75. The lowest BCUT2D eigenvalue weighted by Crippen LogP contribution is -2.26. The molecule has 1 nitrogen and oxygen atoms in total. The van der Waals surface area contributed by atoms with E-state index in [1.54, 1.807) is 18.2 Å². The fraction of sp³-hybridized carbons (Fsp3) is 0.294. The van der Waals surface area contributed by atoms with Crippen molar-refractivity contribution in [2.75, 3.05) is 13.1 Å². The summed E-state index contributed by atoms with van der Waals surface area (Å²) >= 11 is 0. The summed E-state index contributed by atoms with van der Waals surface area (Å²) in [7, 11) is 0. The Morgan fingerprint density at radius 2 is 1.55 bits per heavy atom. The highest BCUT2D eigenvalue weighted by atomic mass is 19.1. The van der Waals surface area contributed by atoms with Gasteiger partial charge in [0.05, 0.1) is 0 Å². The number of rotatable bonds is 2. The molecule has 1 N–H and O–H groups in total. The van der Waals surface area contributed by atoms with Gasteiger partial charge >= 0.3 is 0 Å². The zero-order valence-electron chi connectivity index (χ0n) is 11.2. The summed E-state index contributed by atoms with van der Waals surface area (Å²) < 4.78 is 27.9. The Bertz CT molecular complexity index is 604. The molecule has 1 heterocycles. The quantitative estimate of drug-likeness (QED) is 0.868. The molecule has 0 amide bonds. The molecule has 2 aromatic carbocycles. The van der Waals surface area contributed by atoms with Gasteiger partial charge in [0, 0.05) is 11.1 Å². The summed E-state index contributed by atoms with van der Waals surface area (Å²) in [5.74, 6) is -0.316. The van der Waals surface area contributed by atoms with Gasteiger partial charge in [-0.05, 0) is 55.6 Å². The topological polar surface area (TPSA) is 12.0 Å². The molecular weight excluding hydrogens is 256 g/mol. The molecule has 0 unspecified atom stereocenters. The molecule has 0 aliphatic carbocycles. The van der Waals surface area contributed by atoms with Gasteiger partial charge in [-0.1, -0.05) is 24.3 Å². The molecule has 0 spiro atoms. The third-order valence-corrected chi connectivity index (χ3v) is 3.97. The maximum atomic E-state index is 14.0. The van der Waals surface area contributed by atoms with Crippen molar-refractivity contribution >= 4 is 0 Å². The van der Waals surface area contributed by atoms with Crippen LogP contribution >= 0.6 is 0 Å². The molecule has 0 saturated carbocycles. The second-order valence-electron chi connectivity index (χ2n) is 5.24. The second-order valence-corrected chi connectivity index (χ2v) is 5.24. The standard InChI is InChI=1S/C17H17F2N/c18-16-4-2-1-3-14(16)15-11-13(5-6-17(15)19)12-7-9-20-10-8-12/h1-6,11-12,20H,7-10H2. The van der Waals surface area contributed by atoms with Crippen molar-refractivity contribution < 1.29 is 8.78 Å². The largest absolute Gasteiger partial charge is 0.317 e. The molecule has 1 aliphatic rings. The Hall–Kier alpha value is -1.74. The van der Waals surface area contributed by atoms with Crippen LogP contribution in [0.15, 0.2) is 42.5 Å². The predicted molar refractivity (Wildman–Crippen MR) is 76.6 cm³/mol. The van der Waals surface area contributed by atoms with Gasteiger partial charge in [-0.3, -0.25) is 0 Å². The number of halogens is 2. The number of benzene rings is 2. The molecular formula is C17H17F2N. The number of nitrogens with one attached hydrogen (secondary N) is 1. The molecule has 104 valence electrons. The van der Waals surface area contributed by atoms with Crippen molar-refractivity contribution in [3.05, 3.63) is 59.7 Å². The maximum Gasteiger partial charge on any atom is 0.131 e. The fourth-order valence-corrected chi connectivity index (χ4v) is 2.84. The minimum Gasteiger partial charge on any atom is -0.317 e. The van der Waals surface area contributed by atoms with Gasteiger partial charge in [0.2, 0.25) is 0 Å². The summed E-state index contributed by atoms with van der Waals surface area (Å²) in [6.45, 7) is 1.97. The summed E-state index contributed by atoms with van der Waals surface area (Å²) in [6, 6.07) is 11.4. The van der Waals surface area contributed by atoms with Gasteiger partial charge in [0.15, 0.2) is 0 Å². The number of hydrogen-bond donors (Lipinski definition) is 1. The van der Waals surface area contributed by atoms with Crippen LogP contribution in [0.3, 0.4) is 0 Å². The molecule has 3 heteroatoms. The Morgan fingerprint density at radius 3 is 2.30 bits per heavy atom. The highest BCUT2D eigenvalue weighted by Gasteiger charge is 2.18. The third kappa shape index (κ3) is 2.59. The van der Waals surface area contributed by atoms with E-state index in [2.05, 4.69) is 5.32 Å². The van der Waals surface area contributed by atoms with E-state index >= 15 is 0 Å². The molecule has 1 aliphatic heterocycles. The molecule has 0 atom stereocenters.